The third kappa shape index (κ3) is 3.79. The highest BCUT2D eigenvalue weighted by molar-refractivity contribution is 5.99. The zero-order valence-corrected chi connectivity index (χ0v) is 20.0. The van der Waals surface area contributed by atoms with Crippen molar-refractivity contribution < 1.29 is 14.3 Å². The lowest BCUT2D eigenvalue weighted by Crippen LogP contribution is -2.20. The molecule has 1 atom stereocenters. The Morgan fingerprint density at radius 1 is 1.00 bits per heavy atom. The highest BCUT2D eigenvalue weighted by Crippen LogP contribution is 2.44. The molecule has 0 aliphatic carbocycles. The molecule has 2 aromatic heterocycles. The molecule has 8 nitrogen and oxygen atoms in total. The Labute approximate surface area is 213 Å². The molecule has 8 heteroatoms. The Hall–Kier alpha value is -4.98. The van der Waals surface area contributed by atoms with Crippen LogP contribution in [0, 0.1) is 0 Å². The van der Waals surface area contributed by atoms with Gasteiger partial charge in [0.1, 0.15) is 47.9 Å². The van der Waals surface area contributed by atoms with Gasteiger partial charge in [-0.2, -0.15) is 5.10 Å². The molecule has 6 rings (SSSR count). The van der Waals surface area contributed by atoms with E-state index in [1.54, 1.807) is 11.8 Å². The highest BCUT2D eigenvalue weighted by atomic mass is 16.5. The molecule has 3 heterocycles. The van der Waals surface area contributed by atoms with Crippen LogP contribution in [0.25, 0.3) is 27.9 Å². The number of hydrogen-bond donors (Lipinski definition) is 1. The number of rotatable bonds is 6. The molecule has 5 aromatic rings. The van der Waals surface area contributed by atoms with E-state index in [0.717, 1.165) is 28.5 Å². The zero-order chi connectivity index (χ0) is 25.4. The van der Waals surface area contributed by atoms with Crippen LogP contribution in [-0.4, -0.2) is 33.1 Å². The van der Waals surface area contributed by atoms with Crippen LogP contribution in [0.2, 0.25) is 0 Å². The van der Waals surface area contributed by atoms with Gasteiger partial charge in [-0.1, -0.05) is 60.7 Å². The number of allylic oxidation sites excluding steroid dienone is 2. The number of methoxy groups -OCH3 is 1. The molecule has 0 bridgehead atoms. The zero-order valence-electron chi connectivity index (χ0n) is 20.0. The minimum atomic E-state index is -0.488. The van der Waals surface area contributed by atoms with Gasteiger partial charge in [0.05, 0.1) is 18.4 Å². The van der Waals surface area contributed by atoms with Gasteiger partial charge in [-0.05, 0) is 23.8 Å². The van der Waals surface area contributed by atoms with E-state index in [2.05, 4.69) is 9.97 Å². The lowest BCUT2D eigenvalue weighted by Gasteiger charge is -2.28. The topological polar surface area (TPSA) is 105 Å². The number of anilines is 1. The molecule has 0 spiro atoms. The van der Waals surface area contributed by atoms with E-state index >= 15 is 0 Å². The predicted octanol–water partition coefficient (Wildman–Crippen LogP) is 4.87. The quantitative estimate of drug-likeness (QED) is 0.339. The Balaban J connectivity index is 1.56. The van der Waals surface area contributed by atoms with Crippen molar-refractivity contribution in [2.45, 2.75) is 12.5 Å². The number of nitrogens with zero attached hydrogens (tertiary/aromatic N) is 4. The average molecular weight is 490 g/mol. The smallest absolute Gasteiger partial charge is 0.164 e. The van der Waals surface area contributed by atoms with Crippen LogP contribution in [0.3, 0.4) is 0 Å². The maximum Gasteiger partial charge on any atom is 0.164 e. The fourth-order valence-corrected chi connectivity index (χ4v) is 4.87. The molecule has 1 aliphatic heterocycles. The summed E-state index contributed by atoms with van der Waals surface area (Å²) in [7, 11) is 1.61. The van der Waals surface area contributed by atoms with Crippen LogP contribution in [0.4, 0.5) is 5.82 Å². The fourth-order valence-electron chi connectivity index (χ4n) is 4.87. The van der Waals surface area contributed by atoms with Crippen LogP contribution < -0.4 is 15.2 Å². The maximum atomic E-state index is 12.5. The predicted molar refractivity (Wildman–Crippen MR) is 141 cm³/mol. The van der Waals surface area contributed by atoms with Crippen molar-refractivity contribution in [1.29, 1.82) is 0 Å². The van der Waals surface area contributed by atoms with E-state index < -0.39 is 5.92 Å². The van der Waals surface area contributed by atoms with E-state index in [9.17, 15) is 4.79 Å². The Bertz CT molecular complexity index is 1660. The molecule has 3 aromatic carbocycles. The fraction of sp³-hybridized carbons (Fsp3) is 0.103. The summed E-state index contributed by atoms with van der Waals surface area (Å²) >= 11 is 0. The molecule has 1 unspecified atom stereocenters. The van der Waals surface area contributed by atoms with E-state index in [1.165, 1.54) is 6.33 Å². The number of fused-ring (bicyclic) bond motifs is 2. The van der Waals surface area contributed by atoms with E-state index in [1.807, 2.05) is 78.9 Å². The summed E-state index contributed by atoms with van der Waals surface area (Å²) < 4.78 is 13.8. The molecule has 0 saturated carbocycles. The van der Waals surface area contributed by atoms with Crippen LogP contribution in [-0.2, 0) is 11.3 Å². The second-order valence-corrected chi connectivity index (χ2v) is 8.62. The number of ether oxygens (including phenoxy) is 2. The van der Waals surface area contributed by atoms with Crippen LogP contribution in [0.1, 0.15) is 17.0 Å². The summed E-state index contributed by atoms with van der Waals surface area (Å²) in [4.78, 5) is 21.2. The number of benzene rings is 3. The molecule has 37 heavy (non-hydrogen) atoms. The van der Waals surface area contributed by atoms with Crippen molar-refractivity contribution >= 4 is 28.7 Å². The van der Waals surface area contributed by atoms with Gasteiger partial charge in [-0.15, -0.1) is 0 Å². The van der Waals surface area contributed by atoms with Crippen molar-refractivity contribution in [2.75, 3.05) is 12.8 Å². The van der Waals surface area contributed by atoms with Gasteiger partial charge in [0.15, 0.2) is 5.65 Å². The van der Waals surface area contributed by atoms with E-state index in [0.29, 0.717) is 39.8 Å². The molecule has 182 valence electrons. The number of carbonyl (C=O) groups is 1. The van der Waals surface area contributed by atoms with Crippen molar-refractivity contribution in [3.63, 3.8) is 0 Å². The van der Waals surface area contributed by atoms with Crippen molar-refractivity contribution in [1.82, 2.24) is 19.7 Å². The number of hydrogen-bond acceptors (Lipinski definition) is 7. The largest absolute Gasteiger partial charge is 0.496 e. The van der Waals surface area contributed by atoms with Gasteiger partial charge in [0.25, 0.3) is 0 Å². The van der Waals surface area contributed by atoms with Gasteiger partial charge in [0, 0.05) is 16.7 Å². The second kappa shape index (κ2) is 9.23. The van der Waals surface area contributed by atoms with Gasteiger partial charge in [0.2, 0.25) is 0 Å². The number of nitrogens with two attached hydrogens (primary N) is 1. The molecular weight excluding hydrogens is 466 g/mol. The Morgan fingerprint density at radius 2 is 1.76 bits per heavy atom. The number of carbonyl (C=O) groups excluding carboxylic acids is 1. The summed E-state index contributed by atoms with van der Waals surface area (Å²) in [6.07, 6.45) is 2.38. The lowest BCUT2D eigenvalue weighted by atomic mass is 9.84. The molecule has 2 N–H and O–H groups in total. The first kappa shape index (κ1) is 22.5. The second-order valence-electron chi connectivity index (χ2n) is 8.62. The Kier molecular flexibility index (Phi) is 5.61. The third-order valence-electron chi connectivity index (χ3n) is 6.53. The monoisotopic (exact) mass is 489 g/mol. The SMILES string of the molecule is COc1ccccc1-c1nn(CC2=C(c3ccccc3)C(C=O)c3ccccc3O2)c2ncnc(N)c12. The lowest BCUT2D eigenvalue weighted by molar-refractivity contribution is -0.108. The number of aromatic nitrogens is 4. The standard InChI is InChI=1S/C29H23N5O3/c1-36-22-13-7-6-12-20(22)27-26-28(30)31-17-32-29(26)34(33-27)15-24-25(18-9-3-2-4-10-18)21(16-35)19-11-5-8-14-23(19)37-24/h2-14,16-17,21H,15H2,1H3,(H2,30,31,32). The van der Waals surface area contributed by atoms with E-state index in [4.69, 9.17) is 20.3 Å². The van der Waals surface area contributed by atoms with Gasteiger partial charge < -0.3 is 20.0 Å². The van der Waals surface area contributed by atoms with Crippen molar-refractivity contribution in [3.05, 3.63) is 102 Å². The minimum Gasteiger partial charge on any atom is -0.496 e. The maximum absolute atomic E-state index is 12.5. The van der Waals surface area contributed by atoms with Crippen molar-refractivity contribution in [2.24, 2.45) is 0 Å². The average Bonchev–Trinajstić information content (AvgIpc) is 3.32. The molecule has 1 aliphatic rings. The molecule has 0 radical (unpaired) electrons. The van der Waals surface area contributed by atoms with Gasteiger partial charge in [-0.25, -0.2) is 14.6 Å². The first-order chi connectivity index (χ1) is 18.2. The van der Waals surface area contributed by atoms with Crippen LogP contribution >= 0.6 is 0 Å². The summed E-state index contributed by atoms with van der Waals surface area (Å²) in [5.74, 6) is 1.73. The normalized spacial score (nSPS) is 14.8. The summed E-state index contributed by atoms with van der Waals surface area (Å²) in [6.45, 7) is 0.227. The molecular formula is C29H23N5O3. The van der Waals surface area contributed by atoms with Gasteiger partial charge in [-0.3, -0.25) is 0 Å². The Morgan fingerprint density at radius 3 is 2.57 bits per heavy atom. The molecule has 0 saturated heterocycles. The highest BCUT2D eigenvalue weighted by Gasteiger charge is 2.31. The van der Waals surface area contributed by atoms with Crippen LogP contribution in [0.15, 0.2) is 90.9 Å². The van der Waals surface area contributed by atoms with E-state index in [-0.39, 0.29) is 6.54 Å². The summed E-state index contributed by atoms with van der Waals surface area (Å²) in [5, 5.41) is 5.53. The van der Waals surface area contributed by atoms with Gasteiger partial charge >= 0.3 is 0 Å². The minimum absolute atomic E-state index is 0.227. The van der Waals surface area contributed by atoms with Crippen LogP contribution in [0.5, 0.6) is 11.5 Å². The molecule has 0 fully saturated rings. The summed E-state index contributed by atoms with van der Waals surface area (Å²) in [5.41, 5.74) is 10.8. The van der Waals surface area contributed by atoms with Crippen molar-refractivity contribution in [3.8, 4) is 22.8 Å². The first-order valence-electron chi connectivity index (χ1n) is 11.8. The number of aldehydes is 1. The first-order valence-corrected chi connectivity index (χ1v) is 11.8. The summed E-state index contributed by atoms with van der Waals surface area (Å²) in [6, 6.07) is 25.0. The third-order valence-corrected chi connectivity index (χ3v) is 6.53. The molecule has 0 amide bonds. The number of nitrogen functional groups attached to an aromatic ring is 1. The number of para-hydroxylation sites is 2.